The van der Waals surface area contributed by atoms with Crippen molar-refractivity contribution in [2.75, 3.05) is 21.1 Å². The van der Waals surface area contributed by atoms with Gasteiger partial charge in [-0.15, -0.1) is 11.1 Å². The molecule has 1 unspecified atom stereocenters. The van der Waals surface area contributed by atoms with Gasteiger partial charge in [-0.05, 0) is 27.2 Å². The summed E-state index contributed by atoms with van der Waals surface area (Å²) in [6.07, 6.45) is 1.15. The molecule has 0 saturated carbocycles. The number of hydrogen-bond donors (Lipinski definition) is 1. The Morgan fingerprint density at radius 3 is 2.10 bits per heavy atom. The highest BCUT2D eigenvalue weighted by molar-refractivity contribution is 7.17. The van der Waals surface area contributed by atoms with Gasteiger partial charge < -0.3 is 9.55 Å². The van der Waals surface area contributed by atoms with Gasteiger partial charge in [-0.1, -0.05) is 13.3 Å². The molecule has 0 radical (unpaired) electrons. The van der Waals surface area contributed by atoms with Gasteiger partial charge in [0.1, 0.15) is 0 Å². The minimum atomic E-state index is -1.75. The summed E-state index contributed by atoms with van der Waals surface area (Å²) < 4.78 is 2.12. The molecule has 0 aromatic heterocycles. The second-order valence-corrected chi connectivity index (χ2v) is 7.94. The summed E-state index contributed by atoms with van der Waals surface area (Å²) in [5.74, 6) is 0. The van der Waals surface area contributed by atoms with Crippen LogP contribution in [-0.2, 0) is 0 Å². The van der Waals surface area contributed by atoms with Gasteiger partial charge in [0.05, 0.1) is 0 Å². The van der Waals surface area contributed by atoms with Crippen molar-refractivity contribution in [1.29, 1.82) is 0 Å². The van der Waals surface area contributed by atoms with Gasteiger partial charge in [0.2, 0.25) is 0 Å². The largest absolute Gasteiger partial charge is 0.316 e. The van der Waals surface area contributed by atoms with Crippen LogP contribution in [0.4, 0.5) is 0 Å². The highest BCUT2D eigenvalue weighted by atomic mass is 35.6. The van der Waals surface area contributed by atoms with E-state index in [0.717, 1.165) is 12.5 Å². The van der Waals surface area contributed by atoms with Crippen molar-refractivity contribution in [2.45, 2.75) is 19.4 Å². The Kier molecular flexibility index (Phi) is 4.52. The molecule has 2 nitrogen and oxygen atoms in total. The summed E-state index contributed by atoms with van der Waals surface area (Å²) in [6.45, 7) is 2.16. The molecule has 0 amide bonds. The van der Waals surface area contributed by atoms with E-state index in [-0.39, 0.29) is 0 Å². The molecule has 0 fully saturated rings. The van der Waals surface area contributed by atoms with E-state index < -0.39 is 7.71 Å². The molecule has 0 aliphatic carbocycles. The van der Waals surface area contributed by atoms with Crippen LogP contribution in [0, 0.1) is 0 Å². The normalized spacial score (nSPS) is 17.4. The van der Waals surface area contributed by atoms with Crippen molar-refractivity contribution in [3.8, 4) is 0 Å². The number of halogens is 1. The molecule has 0 aromatic carbocycles. The molecule has 0 rings (SSSR count). The Balaban J connectivity index is 3.94. The Morgan fingerprint density at radius 2 is 2.00 bits per heavy atom. The maximum Gasteiger partial charge on any atom is 0.304 e. The molecule has 0 heterocycles. The molecular weight excluding hydrogens is 164 g/mol. The van der Waals surface area contributed by atoms with Crippen molar-refractivity contribution >= 4 is 18.8 Å². The number of nitrogens with zero attached hydrogens (tertiary/aromatic N) is 1. The van der Waals surface area contributed by atoms with Gasteiger partial charge in [-0.2, -0.15) is 0 Å². The Morgan fingerprint density at radius 1 is 1.50 bits per heavy atom. The van der Waals surface area contributed by atoms with Crippen LogP contribution in [0.15, 0.2) is 0 Å². The van der Waals surface area contributed by atoms with Crippen LogP contribution in [0.1, 0.15) is 13.3 Å². The van der Waals surface area contributed by atoms with Crippen LogP contribution in [-0.4, -0.2) is 33.4 Å². The third kappa shape index (κ3) is 2.58. The predicted molar refractivity (Wildman–Crippen MR) is 49.5 cm³/mol. The van der Waals surface area contributed by atoms with Crippen LogP contribution in [0.5, 0.6) is 0 Å². The van der Waals surface area contributed by atoms with E-state index in [1.807, 2.05) is 21.1 Å². The first-order chi connectivity index (χ1) is 4.56. The quantitative estimate of drug-likeness (QED) is 0.519. The highest BCUT2D eigenvalue weighted by Gasteiger charge is 2.31. The van der Waals surface area contributed by atoms with Crippen molar-refractivity contribution < 1.29 is 0 Å². The monoisotopic (exact) mass is 180 g/mol. The van der Waals surface area contributed by atoms with Crippen molar-refractivity contribution in [1.82, 2.24) is 9.55 Å². The average Bonchev–Trinajstić information content (AvgIpc) is 1.88. The first kappa shape index (κ1) is 10.4. The third-order valence-electron chi connectivity index (χ3n) is 1.67. The van der Waals surface area contributed by atoms with Crippen molar-refractivity contribution in [3.63, 3.8) is 0 Å². The topological polar surface area (TPSA) is 15.3 Å². The fourth-order valence-electron chi connectivity index (χ4n) is 0.904. The standard InChI is InChI=1S/C6H17ClN2Si/c1-5-6-10(7,8-2)9(3)4/h8H,5-6H2,1-4H3. The molecular formula is C6H17ClN2Si. The molecule has 1 atom stereocenters. The van der Waals surface area contributed by atoms with Gasteiger partial charge in [0.25, 0.3) is 0 Å². The van der Waals surface area contributed by atoms with E-state index in [2.05, 4.69) is 16.5 Å². The zero-order valence-corrected chi connectivity index (χ0v) is 9.00. The summed E-state index contributed by atoms with van der Waals surface area (Å²) in [7, 11) is 4.26. The molecule has 0 aliphatic rings. The molecule has 62 valence electrons. The molecule has 4 heteroatoms. The van der Waals surface area contributed by atoms with E-state index in [0.29, 0.717) is 0 Å². The predicted octanol–water partition coefficient (Wildman–Crippen LogP) is 1.36. The van der Waals surface area contributed by atoms with Crippen LogP contribution in [0.2, 0.25) is 6.04 Å². The first-order valence-electron chi connectivity index (χ1n) is 3.62. The van der Waals surface area contributed by atoms with Crippen LogP contribution in [0.3, 0.4) is 0 Å². The summed E-state index contributed by atoms with van der Waals surface area (Å²) in [6, 6.07) is 1.10. The van der Waals surface area contributed by atoms with Crippen molar-refractivity contribution in [3.05, 3.63) is 0 Å². The fourth-order valence-corrected chi connectivity index (χ4v) is 3.28. The van der Waals surface area contributed by atoms with Gasteiger partial charge in [0.15, 0.2) is 0 Å². The lowest BCUT2D eigenvalue weighted by Crippen LogP contribution is -2.55. The van der Waals surface area contributed by atoms with Gasteiger partial charge >= 0.3 is 7.71 Å². The fraction of sp³-hybridized carbons (Fsp3) is 1.00. The lowest BCUT2D eigenvalue weighted by molar-refractivity contribution is 0.607. The summed E-state index contributed by atoms with van der Waals surface area (Å²) in [4.78, 5) is 3.21. The van der Waals surface area contributed by atoms with Gasteiger partial charge in [-0.3, -0.25) is 0 Å². The Bertz CT molecular complexity index is 99.7. The van der Waals surface area contributed by atoms with Crippen LogP contribution >= 0.6 is 11.1 Å². The van der Waals surface area contributed by atoms with Crippen LogP contribution in [0.25, 0.3) is 0 Å². The van der Waals surface area contributed by atoms with E-state index in [4.69, 9.17) is 11.1 Å². The smallest absolute Gasteiger partial charge is 0.304 e. The van der Waals surface area contributed by atoms with E-state index in [1.54, 1.807) is 0 Å². The van der Waals surface area contributed by atoms with Crippen molar-refractivity contribution in [2.24, 2.45) is 0 Å². The molecule has 1 N–H and O–H groups in total. The summed E-state index contributed by atoms with van der Waals surface area (Å²) >= 11 is 6.31. The Hall–Kier alpha value is 0.427. The number of hydrogen-bond acceptors (Lipinski definition) is 2. The number of nitrogens with one attached hydrogen (secondary N) is 1. The average molecular weight is 181 g/mol. The summed E-state index contributed by atoms with van der Waals surface area (Å²) in [5.41, 5.74) is 0. The molecule has 0 bridgehead atoms. The van der Waals surface area contributed by atoms with E-state index >= 15 is 0 Å². The molecule has 0 saturated heterocycles. The second kappa shape index (κ2) is 4.33. The van der Waals surface area contributed by atoms with Gasteiger partial charge in [-0.25, -0.2) is 0 Å². The zero-order chi connectivity index (χ0) is 8.20. The minimum Gasteiger partial charge on any atom is -0.316 e. The molecule has 10 heavy (non-hydrogen) atoms. The van der Waals surface area contributed by atoms with E-state index in [1.165, 1.54) is 0 Å². The first-order valence-corrected chi connectivity index (χ1v) is 6.78. The number of rotatable bonds is 4. The SMILES string of the molecule is CCC[Si](Cl)(NC)N(C)C. The second-order valence-electron chi connectivity index (χ2n) is 2.65. The molecule has 0 spiro atoms. The Labute approximate surface area is 69.4 Å². The maximum atomic E-state index is 6.31. The lowest BCUT2D eigenvalue weighted by Gasteiger charge is -2.29. The molecule has 0 aliphatic heterocycles. The van der Waals surface area contributed by atoms with Crippen LogP contribution < -0.4 is 4.98 Å². The zero-order valence-electron chi connectivity index (χ0n) is 7.24. The third-order valence-corrected chi connectivity index (χ3v) is 7.17. The maximum absolute atomic E-state index is 6.31. The summed E-state index contributed by atoms with van der Waals surface area (Å²) in [5, 5.41) is 0. The minimum absolute atomic E-state index is 1.10. The highest BCUT2D eigenvalue weighted by Crippen LogP contribution is 2.14. The van der Waals surface area contributed by atoms with Gasteiger partial charge in [0, 0.05) is 0 Å². The van der Waals surface area contributed by atoms with E-state index in [9.17, 15) is 0 Å². The molecule has 0 aromatic rings. The lowest BCUT2D eigenvalue weighted by atomic mass is 10.6.